The Morgan fingerprint density at radius 1 is 1.42 bits per heavy atom. The number of hydrogen-bond acceptors (Lipinski definition) is 3. The van der Waals surface area contributed by atoms with Crippen molar-refractivity contribution in [2.75, 3.05) is 25.0 Å². The Morgan fingerprint density at radius 2 is 2.16 bits per heavy atom. The molecular weight excluding hydrogens is 260 g/mol. The van der Waals surface area contributed by atoms with Crippen LogP contribution < -0.4 is 10.2 Å². The molecule has 1 rings (SSSR count). The molecule has 0 aromatic heterocycles. The maximum atomic E-state index is 9.31. The third-order valence-corrected chi connectivity index (χ3v) is 3.36. The van der Waals surface area contributed by atoms with Crippen LogP contribution in [0.4, 0.5) is 5.69 Å². The Labute approximate surface area is 121 Å². The molecule has 1 unspecified atom stereocenters. The van der Waals surface area contributed by atoms with Crippen LogP contribution in [0, 0.1) is 0 Å². The molecule has 0 radical (unpaired) electrons. The monoisotopic (exact) mass is 284 g/mol. The van der Waals surface area contributed by atoms with Crippen molar-refractivity contribution in [3.8, 4) is 0 Å². The summed E-state index contributed by atoms with van der Waals surface area (Å²) in [5, 5.41) is 13.4. The van der Waals surface area contributed by atoms with Crippen molar-refractivity contribution >= 4 is 17.3 Å². The number of anilines is 1. The van der Waals surface area contributed by atoms with Crippen molar-refractivity contribution in [1.82, 2.24) is 5.32 Å². The van der Waals surface area contributed by atoms with Crippen molar-refractivity contribution in [1.29, 1.82) is 0 Å². The number of nitrogens with one attached hydrogen (secondary N) is 1. The summed E-state index contributed by atoms with van der Waals surface area (Å²) in [6, 6.07) is 6.16. The van der Waals surface area contributed by atoms with Crippen LogP contribution in [0.2, 0.25) is 5.02 Å². The largest absolute Gasteiger partial charge is 0.393 e. The fraction of sp³-hybridized carbons (Fsp3) is 0.600. The Morgan fingerprint density at radius 3 is 2.74 bits per heavy atom. The van der Waals surface area contributed by atoms with E-state index in [9.17, 15) is 5.11 Å². The summed E-state index contributed by atoms with van der Waals surface area (Å²) < 4.78 is 0. The van der Waals surface area contributed by atoms with E-state index in [1.807, 2.05) is 19.2 Å². The van der Waals surface area contributed by atoms with E-state index in [2.05, 4.69) is 23.2 Å². The van der Waals surface area contributed by atoms with Crippen LogP contribution in [-0.4, -0.2) is 31.3 Å². The molecule has 3 nitrogen and oxygen atoms in total. The van der Waals surface area contributed by atoms with Crippen LogP contribution >= 0.6 is 11.6 Å². The highest BCUT2D eigenvalue weighted by Gasteiger charge is 2.08. The average molecular weight is 285 g/mol. The fourth-order valence-corrected chi connectivity index (χ4v) is 2.23. The molecule has 1 aromatic carbocycles. The second kappa shape index (κ2) is 8.41. The molecule has 108 valence electrons. The zero-order valence-electron chi connectivity index (χ0n) is 12.1. The van der Waals surface area contributed by atoms with Gasteiger partial charge in [-0.2, -0.15) is 0 Å². The van der Waals surface area contributed by atoms with Gasteiger partial charge in [0.1, 0.15) is 0 Å². The van der Waals surface area contributed by atoms with Gasteiger partial charge in [-0.05, 0) is 44.0 Å². The molecule has 0 saturated heterocycles. The zero-order chi connectivity index (χ0) is 14.3. The highest BCUT2D eigenvalue weighted by atomic mass is 35.5. The van der Waals surface area contributed by atoms with E-state index in [1.54, 1.807) is 6.92 Å². The maximum absolute atomic E-state index is 9.31. The molecule has 0 fully saturated rings. The Balaban J connectivity index is 2.60. The second-order valence-corrected chi connectivity index (χ2v) is 5.43. The first-order valence-corrected chi connectivity index (χ1v) is 7.30. The number of halogens is 1. The van der Waals surface area contributed by atoms with Crippen molar-refractivity contribution in [2.45, 2.75) is 39.3 Å². The van der Waals surface area contributed by atoms with Gasteiger partial charge in [-0.1, -0.05) is 24.6 Å². The first kappa shape index (κ1) is 16.3. The first-order valence-electron chi connectivity index (χ1n) is 6.93. The lowest BCUT2D eigenvalue weighted by atomic mass is 10.2. The van der Waals surface area contributed by atoms with Gasteiger partial charge < -0.3 is 15.3 Å². The minimum Gasteiger partial charge on any atom is -0.393 e. The molecule has 0 aliphatic heterocycles. The van der Waals surface area contributed by atoms with E-state index < -0.39 is 0 Å². The van der Waals surface area contributed by atoms with Crippen molar-refractivity contribution in [3.05, 3.63) is 28.8 Å². The normalized spacial score (nSPS) is 12.5. The lowest BCUT2D eigenvalue weighted by molar-refractivity contribution is 0.187. The molecule has 0 aliphatic rings. The number of hydrogen-bond donors (Lipinski definition) is 2. The highest BCUT2D eigenvalue weighted by molar-refractivity contribution is 6.33. The first-order chi connectivity index (χ1) is 9.04. The van der Waals surface area contributed by atoms with Crippen molar-refractivity contribution in [2.24, 2.45) is 0 Å². The van der Waals surface area contributed by atoms with Crippen LogP contribution in [0.5, 0.6) is 0 Å². The Hall–Kier alpha value is -0.770. The molecule has 4 heteroatoms. The lowest BCUT2D eigenvalue weighted by Crippen LogP contribution is -2.22. The van der Waals surface area contributed by atoms with Gasteiger partial charge in [0.05, 0.1) is 16.8 Å². The summed E-state index contributed by atoms with van der Waals surface area (Å²) in [4.78, 5) is 2.08. The number of benzene rings is 1. The predicted octanol–water partition coefficient (Wildman–Crippen LogP) is 3.05. The van der Waals surface area contributed by atoms with Crippen LogP contribution in [0.25, 0.3) is 0 Å². The van der Waals surface area contributed by atoms with E-state index in [-0.39, 0.29) is 6.10 Å². The van der Waals surface area contributed by atoms with Gasteiger partial charge in [-0.3, -0.25) is 0 Å². The summed E-state index contributed by atoms with van der Waals surface area (Å²) in [5.41, 5.74) is 2.22. The molecule has 0 heterocycles. The Bertz CT molecular complexity index is 382. The van der Waals surface area contributed by atoms with Gasteiger partial charge in [-0.15, -0.1) is 0 Å². The van der Waals surface area contributed by atoms with Crippen molar-refractivity contribution in [3.63, 3.8) is 0 Å². The van der Waals surface area contributed by atoms with E-state index in [0.717, 1.165) is 43.2 Å². The minimum atomic E-state index is -0.279. The van der Waals surface area contributed by atoms with Crippen molar-refractivity contribution < 1.29 is 5.11 Å². The fourth-order valence-electron chi connectivity index (χ4n) is 1.88. The standard InChI is InChI=1S/C15H25ClN2O/c1-4-8-17-11-13-5-6-15(14(16)10-13)18(3)9-7-12(2)19/h5-6,10,12,17,19H,4,7-9,11H2,1-3H3. The van der Waals surface area contributed by atoms with Gasteiger partial charge >= 0.3 is 0 Å². The molecule has 1 atom stereocenters. The number of aliphatic hydroxyl groups is 1. The molecule has 1 aromatic rings. The van der Waals surface area contributed by atoms with Crippen LogP contribution in [-0.2, 0) is 6.54 Å². The average Bonchev–Trinajstić information content (AvgIpc) is 2.36. The zero-order valence-corrected chi connectivity index (χ0v) is 12.9. The SMILES string of the molecule is CCCNCc1ccc(N(C)CCC(C)O)c(Cl)c1. The van der Waals surface area contributed by atoms with Gasteiger partial charge in [0.25, 0.3) is 0 Å². The highest BCUT2D eigenvalue weighted by Crippen LogP contribution is 2.26. The predicted molar refractivity (Wildman–Crippen MR) is 83.0 cm³/mol. The smallest absolute Gasteiger partial charge is 0.0642 e. The molecule has 0 saturated carbocycles. The molecular formula is C15H25ClN2O. The summed E-state index contributed by atoms with van der Waals surface area (Å²) in [5.74, 6) is 0. The number of nitrogens with zero attached hydrogens (tertiary/aromatic N) is 1. The van der Waals surface area contributed by atoms with Crippen LogP contribution in [0.3, 0.4) is 0 Å². The van der Waals surface area contributed by atoms with Crippen LogP contribution in [0.1, 0.15) is 32.3 Å². The topological polar surface area (TPSA) is 35.5 Å². The maximum Gasteiger partial charge on any atom is 0.0642 e. The van der Waals surface area contributed by atoms with E-state index >= 15 is 0 Å². The number of rotatable bonds is 8. The third-order valence-electron chi connectivity index (χ3n) is 3.06. The summed E-state index contributed by atoms with van der Waals surface area (Å²) in [6.07, 6.45) is 1.60. The van der Waals surface area contributed by atoms with Gasteiger partial charge in [0.15, 0.2) is 0 Å². The van der Waals surface area contributed by atoms with Gasteiger partial charge in [0, 0.05) is 20.1 Å². The molecule has 19 heavy (non-hydrogen) atoms. The molecule has 0 amide bonds. The van der Waals surface area contributed by atoms with Gasteiger partial charge in [-0.25, -0.2) is 0 Å². The quantitative estimate of drug-likeness (QED) is 0.720. The third kappa shape index (κ3) is 5.81. The molecule has 2 N–H and O–H groups in total. The molecule has 0 aliphatic carbocycles. The van der Waals surface area contributed by atoms with E-state index in [1.165, 1.54) is 5.56 Å². The summed E-state index contributed by atoms with van der Waals surface area (Å²) in [7, 11) is 2.00. The van der Waals surface area contributed by atoms with Crippen LogP contribution in [0.15, 0.2) is 18.2 Å². The lowest BCUT2D eigenvalue weighted by Gasteiger charge is -2.21. The molecule has 0 spiro atoms. The Kier molecular flexibility index (Phi) is 7.21. The summed E-state index contributed by atoms with van der Waals surface area (Å²) >= 11 is 6.32. The van der Waals surface area contributed by atoms with E-state index in [0.29, 0.717) is 0 Å². The van der Waals surface area contributed by atoms with Gasteiger partial charge in [0.2, 0.25) is 0 Å². The molecule has 0 bridgehead atoms. The summed E-state index contributed by atoms with van der Waals surface area (Å²) in [6.45, 7) is 6.63. The minimum absolute atomic E-state index is 0.279. The number of aliphatic hydroxyl groups excluding tert-OH is 1. The van der Waals surface area contributed by atoms with E-state index in [4.69, 9.17) is 11.6 Å². The second-order valence-electron chi connectivity index (χ2n) is 5.02.